The van der Waals surface area contributed by atoms with E-state index in [1.54, 1.807) is 6.33 Å². The molecule has 0 atom stereocenters. The van der Waals surface area contributed by atoms with Crippen molar-refractivity contribution >= 4 is 23.4 Å². The van der Waals surface area contributed by atoms with Crippen molar-refractivity contribution in [2.24, 2.45) is 0 Å². The van der Waals surface area contributed by atoms with Gasteiger partial charge in [0.15, 0.2) is 0 Å². The van der Waals surface area contributed by atoms with Gasteiger partial charge < -0.3 is 10.6 Å². The lowest BCUT2D eigenvalue weighted by Gasteiger charge is -2.30. The Hall–Kier alpha value is -0.970. The summed E-state index contributed by atoms with van der Waals surface area (Å²) in [6.45, 7) is 7.45. The highest BCUT2D eigenvalue weighted by molar-refractivity contribution is 8.00. The van der Waals surface area contributed by atoms with E-state index in [0.717, 1.165) is 36.6 Å². The first-order valence-corrected chi connectivity index (χ1v) is 7.63. The Morgan fingerprint density at radius 3 is 2.33 bits per heavy atom. The Labute approximate surface area is 114 Å². The van der Waals surface area contributed by atoms with Gasteiger partial charge in [-0.2, -0.15) is 11.8 Å². The Kier molecular flexibility index (Phi) is 5.72. The number of anilines is 2. The van der Waals surface area contributed by atoms with Crippen molar-refractivity contribution in [3.63, 3.8) is 0 Å². The minimum absolute atomic E-state index is 0.289. The van der Waals surface area contributed by atoms with Gasteiger partial charge in [0.2, 0.25) is 0 Å². The van der Waals surface area contributed by atoms with Crippen LogP contribution in [0.4, 0.5) is 11.6 Å². The van der Waals surface area contributed by atoms with E-state index in [-0.39, 0.29) is 4.75 Å². The first-order valence-electron chi connectivity index (χ1n) is 6.40. The van der Waals surface area contributed by atoms with Gasteiger partial charge >= 0.3 is 0 Å². The number of aromatic nitrogens is 2. The van der Waals surface area contributed by atoms with Gasteiger partial charge in [0, 0.05) is 23.9 Å². The highest BCUT2D eigenvalue weighted by Crippen LogP contribution is 2.31. The van der Waals surface area contributed by atoms with Crippen molar-refractivity contribution in [3.05, 3.63) is 11.9 Å². The lowest BCUT2D eigenvalue weighted by molar-refractivity contribution is 0.573. The minimum atomic E-state index is 0.289. The summed E-state index contributed by atoms with van der Waals surface area (Å²) in [4.78, 5) is 8.52. The predicted octanol–water partition coefficient (Wildman–Crippen LogP) is 3.16. The Morgan fingerprint density at radius 2 is 1.83 bits per heavy atom. The zero-order chi connectivity index (χ0) is 13.6. The highest BCUT2D eigenvalue weighted by atomic mass is 32.2. The fourth-order valence-electron chi connectivity index (χ4n) is 1.99. The van der Waals surface area contributed by atoms with Crippen LogP contribution < -0.4 is 10.6 Å². The summed E-state index contributed by atoms with van der Waals surface area (Å²) in [6.07, 6.45) is 6.09. The molecule has 4 nitrogen and oxygen atoms in total. The number of nitrogens with zero attached hydrogens (tertiary/aromatic N) is 2. The molecule has 0 aliphatic heterocycles. The first-order chi connectivity index (χ1) is 8.62. The normalized spacial score (nSPS) is 11.4. The molecule has 0 aliphatic carbocycles. The molecule has 0 unspecified atom stereocenters. The van der Waals surface area contributed by atoms with E-state index in [2.05, 4.69) is 40.7 Å². The number of rotatable bonds is 7. The third-order valence-corrected chi connectivity index (χ3v) is 5.21. The summed E-state index contributed by atoms with van der Waals surface area (Å²) in [5.74, 6) is 1.81. The minimum Gasteiger partial charge on any atom is -0.373 e. The van der Waals surface area contributed by atoms with E-state index in [4.69, 9.17) is 0 Å². The summed E-state index contributed by atoms with van der Waals surface area (Å²) in [6, 6.07) is 0. The molecule has 0 spiro atoms. The molecule has 1 rings (SSSR count). The zero-order valence-corrected chi connectivity index (χ0v) is 12.8. The third kappa shape index (κ3) is 3.28. The van der Waals surface area contributed by atoms with Gasteiger partial charge in [-0.15, -0.1) is 0 Å². The number of nitrogens with one attached hydrogen (secondary N) is 2. The smallest absolute Gasteiger partial charge is 0.134 e. The average Bonchev–Trinajstić information content (AvgIpc) is 2.42. The van der Waals surface area contributed by atoms with Crippen LogP contribution in [0.3, 0.4) is 0 Å². The lowest BCUT2D eigenvalue weighted by atomic mass is 10.0. The van der Waals surface area contributed by atoms with Crippen LogP contribution in [-0.2, 0) is 0 Å². The molecule has 2 N–H and O–H groups in total. The van der Waals surface area contributed by atoms with Crippen LogP contribution in [0.25, 0.3) is 0 Å². The second-order valence-electron chi connectivity index (χ2n) is 4.39. The van der Waals surface area contributed by atoms with Gasteiger partial charge in [-0.25, -0.2) is 9.97 Å². The molecular formula is C13H24N4S. The lowest BCUT2D eigenvalue weighted by Crippen LogP contribution is -2.32. The number of hydrogen-bond acceptors (Lipinski definition) is 5. The van der Waals surface area contributed by atoms with Crippen LogP contribution in [0.15, 0.2) is 6.33 Å². The summed E-state index contributed by atoms with van der Waals surface area (Å²) in [5.41, 5.74) is 1.07. The molecule has 0 bridgehead atoms. The highest BCUT2D eigenvalue weighted by Gasteiger charge is 2.24. The van der Waals surface area contributed by atoms with Crippen molar-refractivity contribution < 1.29 is 0 Å². The van der Waals surface area contributed by atoms with Crippen molar-refractivity contribution in [3.8, 4) is 0 Å². The average molecular weight is 268 g/mol. The van der Waals surface area contributed by atoms with E-state index in [0.29, 0.717) is 0 Å². The Morgan fingerprint density at radius 1 is 1.22 bits per heavy atom. The van der Waals surface area contributed by atoms with Gasteiger partial charge in [0.05, 0.1) is 0 Å². The van der Waals surface area contributed by atoms with Crippen molar-refractivity contribution in [1.29, 1.82) is 0 Å². The fraction of sp³-hybridized carbons (Fsp3) is 0.692. The van der Waals surface area contributed by atoms with Crippen LogP contribution in [0.1, 0.15) is 32.3 Å². The van der Waals surface area contributed by atoms with Crippen molar-refractivity contribution in [2.45, 2.75) is 38.4 Å². The maximum atomic E-state index is 4.32. The largest absolute Gasteiger partial charge is 0.373 e. The van der Waals surface area contributed by atoms with Crippen LogP contribution in [0.5, 0.6) is 0 Å². The molecule has 1 aromatic heterocycles. The first kappa shape index (κ1) is 15.1. The monoisotopic (exact) mass is 268 g/mol. The third-order valence-electron chi connectivity index (χ3n) is 3.62. The summed E-state index contributed by atoms with van der Waals surface area (Å²) in [7, 11) is 1.88. The van der Waals surface area contributed by atoms with E-state index >= 15 is 0 Å². The fourth-order valence-corrected chi connectivity index (χ4v) is 2.78. The second kappa shape index (κ2) is 6.83. The number of hydrogen-bond donors (Lipinski definition) is 2. The van der Waals surface area contributed by atoms with E-state index in [1.807, 2.05) is 25.7 Å². The molecule has 0 aliphatic rings. The topological polar surface area (TPSA) is 49.8 Å². The molecule has 0 saturated heterocycles. The number of thioether (sulfide) groups is 1. The predicted molar refractivity (Wildman–Crippen MR) is 81.6 cm³/mol. The van der Waals surface area contributed by atoms with Crippen molar-refractivity contribution in [2.75, 3.05) is 30.5 Å². The van der Waals surface area contributed by atoms with E-state index < -0.39 is 0 Å². The second-order valence-corrected chi connectivity index (χ2v) is 5.67. The summed E-state index contributed by atoms with van der Waals surface area (Å²) < 4.78 is 0.289. The van der Waals surface area contributed by atoms with Crippen LogP contribution in [-0.4, -0.2) is 34.6 Å². The SMILES string of the molecule is CCC(CC)(CNc1ncnc(NC)c1C)SC. The van der Waals surface area contributed by atoms with Gasteiger partial charge in [0.25, 0.3) is 0 Å². The van der Waals surface area contributed by atoms with Crippen LogP contribution in [0.2, 0.25) is 0 Å². The molecule has 0 saturated carbocycles. The molecule has 102 valence electrons. The molecule has 0 aromatic carbocycles. The van der Waals surface area contributed by atoms with Gasteiger partial charge in [-0.3, -0.25) is 0 Å². The molecule has 0 radical (unpaired) electrons. The quantitative estimate of drug-likeness (QED) is 0.795. The Balaban J connectivity index is 2.79. The molecule has 5 heteroatoms. The van der Waals surface area contributed by atoms with Gasteiger partial charge in [0.1, 0.15) is 18.0 Å². The van der Waals surface area contributed by atoms with E-state index in [9.17, 15) is 0 Å². The summed E-state index contributed by atoms with van der Waals surface area (Å²) >= 11 is 1.93. The van der Waals surface area contributed by atoms with Gasteiger partial charge in [-0.1, -0.05) is 13.8 Å². The molecule has 18 heavy (non-hydrogen) atoms. The molecule has 1 aromatic rings. The standard InChI is InChI=1S/C13H24N4S/c1-6-13(7-2,18-5)8-15-12-10(3)11(14-4)16-9-17-12/h9H,6-8H2,1-5H3,(H2,14,15,16,17). The van der Waals surface area contributed by atoms with Gasteiger partial charge in [-0.05, 0) is 26.0 Å². The maximum Gasteiger partial charge on any atom is 0.134 e. The molecular weight excluding hydrogens is 244 g/mol. The Bertz CT molecular complexity index is 369. The molecule has 1 heterocycles. The molecule has 0 amide bonds. The molecule has 0 fully saturated rings. The van der Waals surface area contributed by atoms with Crippen molar-refractivity contribution in [1.82, 2.24) is 9.97 Å². The maximum absolute atomic E-state index is 4.32. The summed E-state index contributed by atoms with van der Waals surface area (Å²) in [5, 5.41) is 6.55. The zero-order valence-electron chi connectivity index (χ0n) is 12.0. The van der Waals surface area contributed by atoms with Crippen LogP contribution in [0, 0.1) is 6.92 Å². The van der Waals surface area contributed by atoms with Crippen LogP contribution >= 0.6 is 11.8 Å². The van der Waals surface area contributed by atoms with E-state index in [1.165, 1.54) is 0 Å².